The van der Waals surface area contributed by atoms with Crippen molar-refractivity contribution in [2.24, 2.45) is 0 Å². The zero-order chi connectivity index (χ0) is 11.3. The second kappa shape index (κ2) is 5.35. The molecule has 0 spiro atoms. The van der Waals surface area contributed by atoms with Crippen molar-refractivity contribution >= 4 is 11.0 Å². The van der Waals surface area contributed by atoms with E-state index in [9.17, 15) is 4.79 Å². The van der Waals surface area contributed by atoms with Gasteiger partial charge in [0.2, 0.25) is 0 Å². The number of fused-ring (bicyclic) bond motifs is 1. The van der Waals surface area contributed by atoms with Crippen molar-refractivity contribution < 1.29 is 4.42 Å². The summed E-state index contributed by atoms with van der Waals surface area (Å²) in [6, 6.07) is 8.74. The number of benzene rings is 1. The molecule has 0 saturated carbocycles. The molecule has 2 rings (SSSR count). The highest BCUT2D eigenvalue weighted by molar-refractivity contribution is 5.75. The Hall–Kier alpha value is -1.57. The summed E-state index contributed by atoms with van der Waals surface area (Å²) in [7, 11) is 0. The maximum absolute atomic E-state index is 11.3. The smallest absolute Gasteiger partial charge is 0.192 e. The van der Waals surface area contributed by atoms with Crippen LogP contribution in [0, 0.1) is 6.92 Å². The second-order valence-corrected chi connectivity index (χ2v) is 3.42. The van der Waals surface area contributed by atoms with Crippen LogP contribution in [0.4, 0.5) is 0 Å². The molecule has 0 saturated heterocycles. The Labute approximate surface area is 89.5 Å². The molecule has 0 bridgehead atoms. The first-order valence-electron chi connectivity index (χ1n) is 5.18. The van der Waals surface area contributed by atoms with Gasteiger partial charge in [0.1, 0.15) is 11.3 Å². The van der Waals surface area contributed by atoms with Gasteiger partial charge >= 0.3 is 0 Å². The Balaban J connectivity index is 0.000000337. The number of hydrogen-bond donors (Lipinski definition) is 0. The highest BCUT2D eigenvalue weighted by Gasteiger charge is 1.98. The first kappa shape index (κ1) is 11.5. The molecule has 0 fully saturated rings. The first-order valence-corrected chi connectivity index (χ1v) is 5.18. The lowest BCUT2D eigenvalue weighted by atomic mass is 10.2. The summed E-state index contributed by atoms with van der Waals surface area (Å²) in [5, 5.41) is 0.642. The lowest BCUT2D eigenvalue weighted by Crippen LogP contribution is -1.99. The zero-order valence-corrected chi connectivity index (χ0v) is 9.41. The monoisotopic (exact) mass is 204 g/mol. The molecule has 0 amide bonds. The SMILES string of the molecule is CCC.Cc1cc(=O)c2ccccc2o1. The molecule has 1 aromatic carbocycles. The van der Waals surface area contributed by atoms with E-state index in [1.807, 2.05) is 12.1 Å². The topological polar surface area (TPSA) is 30.2 Å². The minimum atomic E-state index is 0.0225. The Morgan fingerprint density at radius 1 is 1.20 bits per heavy atom. The van der Waals surface area contributed by atoms with Gasteiger partial charge in [0.15, 0.2) is 5.43 Å². The molecule has 0 N–H and O–H groups in total. The Morgan fingerprint density at radius 2 is 1.80 bits per heavy atom. The van der Waals surface area contributed by atoms with Crippen LogP contribution in [0.2, 0.25) is 0 Å². The van der Waals surface area contributed by atoms with Gasteiger partial charge in [-0.2, -0.15) is 0 Å². The van der Waals surface area contributed by atoms with Gasteiger partial charge in [-0.25, -0.2) is 0 Å². The van der Waals surface area contributed by atoms with Crippen LogP contribution in [0.1, 0.15) is 26.0 Å². The maximum Gasteiger partial charge on any atom is 0.192 e. The molecule has 2 nitrogen and oxygen atoms in total. The Morgan fingerprint density at radius 3 is 2.47 bits per heavy atom. The van der Waals surface area contributed by atoms with Crippen molar-refractivity contribution in [3.8, 4) is 0 Å². The lowest BCUT2D eigenvalue weighted by molar-refractivity contribution is 0.565. The number of para-hydroxylation sites is 1. The zero-order valence-electron chi connectivity index (χ0n) is 9.41. The summed E-state index contributed by atoms with van der Waals surface area (Å²) >= 11 is 0. The van der Waals surface area contributed by atoms with E-state index in [2.05, 4.69) is 13.8 Å². The Bertz CT molecular complexity index is 483. The molecule has 0 aliphatic heterocycles. The summed E-state index contributed by atoms with van der Waals surface area (Å²) in [5.41, 5.74) is 0.678. The average Bonchev–Trinajstić information content (AvgIpc) is 2.18. The van der Waals surface area contributed by atoms with E-state index in [-0.39, 0.29) is 5.43 Å². The van der Waals surface area contributed by atoms with Crippen molar-refractivity contribution in [2.45, 2.75) is 27.2 Å². The summed E-state index contributed by atoms with van der Waals surface area (Å²) in [6.45, 7) is 6.02. The van der Waals surface area contributed by atoms with Gasteiger partial charge in [-0.1, -0.05) is 32.4 Å². The molecule has 2 aromatic rings. The minimum absolute atomic E-state index is 0.0225. The average molecular weight is 204 g/mol. The van der Waals surface area contributed by atoms with E-state index in [4.69, 9.17) is 4.42 Å². The fraction of sp³-hybridized carbons (Fsp3) is 0.308. The maximum atomic E-state index is 11.3. The van der Waals surface area contributed by atoms with Crippen LogP contribution in [-0.2, 0) is 0 Å². The lowest BCUT2D eigenvalue weighted by Gasteiger charge is -1.96. The van der Waals surface area contributed by atoms with Crippen LogP contribution in [0.5, 0.6) is 0 Å². The fourth-order valence-electron chi connectivity index (χ4n) is 1.22. The van der Waals surface area contributed by atoms with Gasteiger partial charge < -0.3 is 4.42 Å². The van der Waals surface area contributed by atoms with Gasteiger partial charge in [-0.15, -0.1) is 0 Å². The molecular weight excluding hydrogens is 188 g/mol. The third-order valence-corrected chi connectivity index (χ3v) is 1.76. The molecule has 1 heterocycles. The van der Waals surface area contributed by atoms with Gasteiger partial charge in [-0.3, -0.25) is 4.79 Å². The number of rotatable bonds is 0. The van der Waals surface area contributed by atoms with Crippen LogP contribution in [0.25, 0.3) is 11.0 Å². The van der Waals surface area contributed by atoms with E-state index in [1.54, 1.807) is 19.1 Å². The second-order valence-electron chi connectivity index (χ2n) is 3.42. The molecule has 0 aliphatic rings. The highest BCUT2D eigenvalue weighted by Crippen LogP contribution is 2.10. The van der Waals surface area contributed by atoms with Gasteiger partial charge in [-0.05, 0) is 19.1 Å². The summed E-state index contributed by atoms with van der Waals surface area (Å²) in [5.74, 6) is 0.652. The molecule has 0 unspecified atom stereocenters. The van der Waals surface area contributed by atoms with E-state index in [1.165, 1.54) is 12.5 Å². The third kappa shape index (κ3) is 2.94. The fourth-order valence-corrected chi connectivity index (χ4v) is 1.22. The molecule has 15 heavy (non-hydrogen) atoms. The van der Waals surface area contributed by atoms with Crippen molar-refractivity contribution in [2.75, 3.05) is 0 Å². The van der Waals surface area contributed by atoms with Crippen molar-refractivity contribution in [3.05, 3.63) is 46.3 Å². The molecular formula is C13H16O2. The normalized spacial score (nSPS) is 9.53. The van der Waals surface area contributed by atoms with Crippen molar-refractivity contribution in [3.63, 3.8) is 0 Å². The molecule has 0 radical (unpaired) electrons. The summed E-state index contributed by atoms with van der Waals surface area (Å²) in [4.78, 5) is 11.3. The quantitative estimate of drug-likeness (QED) is 0.657. The van der Waals surface area contributed by atoms with Crippen LogP contribution in [0.15, 0.2) is 39.5 Å². The van der Waals surface area contributed by atoms with Crippen LogP contribution in [0.3, 0.4) is 0 Å². The van der Waals surface area contributed by atoms with E-state index >= 15 is 0 Å². The highest BCUT2D eigenvalue weighted by atomic mass is 16.3. The van der Waals surface area contributed by atoms with Crippen molar-refractivity contribution in [1.82, 2.24) is 0 Å². The number of hydrogen-bond acceptors (Lipinski definition) is 2. The van der Waals surface area contributed by atoms with E-state index in [0.717, 1.165) is 0 Å². The molecule has 0 atom stereocenters. The summed E-state index contributed by atoms with van der Waals surface area (Å²) < 4.78 is 5.34. The van der Waals surface area contributed by atoms with E-state index in [0.29, 0.717) is 16.7 Å². The van der Waals surface area contributed by atoms with Crippen LogP contribution < -0.4 is 5.43 Å². The third-order valence-electron chi connectivity index (χ3n) is 1.76. The first-order chi connectivity index (χ1) is 7.19. The summed E-state index contributed by atoms with van der Waals surface area (Å²) in [6.07, 6.45) is 1.25. The van der Waals surface area contributed by atoms with Gasteiger partial charge in [0.25, 0.3) is 0 Å². The van der Waals surface area contributed by atoms with Crippen LogP contribution in [-0.4, -0.2) is 0 Å². The number of aryl methyl sites for hydroxylation is 1. The van der Waals surface area contributed by atoms with Crippen molar-refractivity contribution in [1.29, 1.82) is 0 Å². The minimum Gasteiger partial charge on any atom is -0.461 e. The van der Waals surface area contributed by atoms with Crippen LogP contribution >= 0.6 is 0 Å². The van der Waals surface area contributed by atoms with Gasteiger partial charge in [0, 0.05) is 6.07 Å². The molecule has 1 aromatic heterocycles. The molecule has 80 valence electrons. The Kier molecular flexibility index (Phi) is 4.10. The van der Waals surface area contributed by atoms with Gasteiger partial charge in [0.05, 0.1) is 5.39 Å². The predicted octanol–water partition coefficient (Wildman–Crippen LogP) is 3.52. The molecule has 0 aliphatic carbocycles. The molecule has 2 heteroatoms. The predicted molar refractivity (Wildman–Crippen MR) is 63.2 cm³/mol. The largest absolute Gasteiger partial charge is 0.461 e. The van der Waals surface area contributed by atoms with E-state index < -0.39 is 0 Å². The standard InChI is InChI=1S/C10H8O2.C3H8/c1-7-6-9(11)8-4-2-3-5-10(8)12-7;1-3-2/h2-6H,1H3;3H2,1-2H3.